The molecular formula is C18H21N5O2. The Balaban J connectivity index is 1.74. The van der Waals surface area contributed by atoms with E-state index in [1.165, 1.54) is 0 Å². The third-order valence-corrected chi connectivity index (χ3v) is 4.81. The third kappa shape index (κ3) is 2.79. The number of fused-ring (bicyclic) bond motifs is 1. The molecule has 0 aromatic carbocycles. The lowest BCUT2D eigenvalue weighted by atomic mass is 9.98. The smallest absolute Gasteiger partial charge is 0.257 e. The molecule has 0 bridgehead atoms. The first-order valence-corrected chi connectivity index (χ1v) is 8.45. The molecule has 3 heterocycles. The van der Waals surface area contributed by atoms with Crippen molar-refractivity contribution >= 4 is 11.6 Å². The Bertz CT molecular complexity index is 965. The third-order valence-electron chi connectivity index (χ3n) is 4.81. The van der Waals surface area contributed by atoms with E-state index in [-0.39, 0.29) is 11.4 Å². The highest BCUT2D eigenvalue weighted by Gasteiger charge is 2.39. The lowest BCUT2D eigenvalue weighted by Gasteiger charge is -2.25. The second-order valence-electron chi connectivity index (χ2n) is 7.28. The number of nitrogens with zero attached hydrogens (tertiary/aromatic N) is 4. The molecule has 4 rings (SSSR count). The average molecular weight is 339 g/mol. The Morgan fingerprint density at radius 2 is 2.04 bits per heavy atom. The van der Waals surface area contributed by atoms with Crippen LogP contribution in [0, 0.1) is 19.8 Å². The Morgan fingerprint density at radius 1 is 1.28 bits per heavy atom. The van der Waals surface area contributed by atoms with E-state index in [2.05, 4.69) is 34.2 Å². The number of rotatable bonds is 4. The van der Waals surface area contributed by atoms with Gasteiger partial charge in [-0.15, -0.1) is 0 Å². The molecule has 3 aromatic heterocycles. The van der Waals surface area contributed by atoms with Crippen molar-refractivity contribution in [2.45, 2.75) is 46.1 Å². The van der Waals surface area contributed by atoms with Crippen molar-refractivity contribution in [2.75, 3.05) is 0 Å². The Morgan fingerprint density at radius 3 is 2.68 bits per heavy atom. The predicted octanol–water partition coefficient (Wildman–Crippen LogP) is 2.92. The van der Waals surface area contributed by atoms with Gasteiger partial charge in [-0.05, 0) is 45.6 Å². The second-order valence-corrected chi connectivity index (χ2v) is 7.28. The van der Waals surface area contributed by atoms with E-state index in [0.717, 1.165) is 18.5 Å². The largest absolute Gasteiger partial charge is 0.449 e. The van der Waals surface area contributed by atoms with Crippen LogP contribution in [-0.4, -0.2) is 31.0 Å². The van der Waals surface area contributed by atoms with Crippen LogP contribution in [0.1, 0.15) is 48.6 Å². The molecule has 0 saturated heterocycles. The molecule has 3 aromatic rings. The molecule has 0 unspecified atom stereocenters. The first-order chi connectivity index (χ1) is 11.8. The van der Waals surface area contributed by atoms with E-state index in [1.54, 1.807) is 23.9 Å². The van der Waals surface area contributed by atoms with E-state index in [9.17, 15) is 4.79 Å². The number of hydrogen-bond acceptors (Lipinski definition) is 5. The Kier molecular flexibility index (Phi) is 3.42. The van der Waals surface area contributed by atoms with Gasteiger partial charge in [0.05, 0.1) is 11.9 Å². The van der Waals surface area contributed by atoms with Gasteiger partial charge >= 0.3 is 0 Å². The number of hydrogen-bond donors (Lipinski definition) is 1. The molecule has 1 N–H and O–H groups in total. The summed E-state index contributed by atoms with van der Waals surface area (Å²) in [5.74, 6) is 0.973. The van der Waals surface area contributed by atoms with Crippen molar-refractivity contribution in [3.05, 3.63) is 35.7 Å². The van der Waals surface area contributed by atoms with Gasteiger partial charge in [0.25, 0.3) is 5.91 Å². The lowest BCUT2D eigenvalue weighted by molar-refractivity contribution is 0.0905. The van der Waals surface area contributed by atoms with Crippen LogP contribution in [0.2, 0.25) is 0 Å². The number of aryl methyl sites for hydroxylation is 2. The lowest BCUT2D eigenvalue weighted by Crippen LogP contribution is -2.45. The average Bonchev–Trinajstić information content (AvgIpc) is 3.19. The SMILES string of the molecule is Cc1nc(-c2cc(C)n3ncc(C(=O)NC(C)(C)C4CC4)c3n2)co1. The minimum absolute atomic E-state index is 0.146. The number of nitrogens with one attached hydrogen (secondary N) is 1. The van der Waals surface area contributed by atoms with E-state index < -0.39 is 0 Å². The Hall–Kier alpha value is -2.70. The fraction of sp³-hybridized carbons (Fsp3) is 0.444. The van der Waals surface area contributed by atoms with Crippen LogP contribution in [0.15, 0.2) is 22.9 Å². The molecule has 0 atom stereocenters. The molecule has 7 nitrogen and oxygen atoms in total. The monoisotopic (exact) mass is 339 g/mol. The second kappa shape index (κ2) is 5.40. The van der Waals surface area contributed by atoms with Crippen LogP contribution in [0.4, 0.5) is 0 Å². The maximum absolute atomic E-state index is 12.8. The number of oxazole rings is 1. The van der Waals surface area contributed by atoms with Crippen molar-refractivity contribution in [1.82, 2.24) is 24.9 Å². The maximum Gasteiger partial charge on any atom is 0.257 e. The summed E-state index contributed by atoms with van der Waals surface area (Å²) in [4.78, 5) is 21.7. The van der Waals surface area contributed by atoms with Crippen molar-refractivity contribution in [3.8, 4) is 11.4 Å². The minimum Gasteiger partial charge on any atom is -0.449 e. The summed E-state index contributed by atoms with van der Waals surface area (Å²) in [7, 11) is 0. The zero-order valence-corrected chi connectivity index (χ0v) is 14.8. The maximum atomic E-state index is 12.8. The van der Waals surface area contributed by atoms with Crippen molar-refractivity contribution < 1.29 is 9.21 Å². The molecule has 0 radical (unpaired) electrons. The number of amides is 1. The first-order valence-electron chi connectivity index (χ1n) is 8.45. The van der Waals surface area contributed by atoms with Crippen LogP contribution in [0.25, 0.3) is 17.0 Å². The van der Waals surface area contributed by atoms with Crippen LogP contribution in [-0.2, 0) is 0 Å². The molecule has 1 fully saturated rings. The normalized spacial score (nSPS) is 14.9. The molecule has 1 amide bonds. The molecule has 0 spiro atoms. The number of carbonyl (C=O) groups excluding carboxylic acids is 1. The van der Waals surface area contributed by atoms with Gasteiger partial charge in [0.15, 0.2) is 11.5 Å². The molecule has 1 aliphatic rings. The van der Waals surface area contributed by atoms with Crippen LogP contribution >= 0.6 is 0 Å². The fourth-order valence-corrected chi connectivity index (χ4v) is 3.15. The summed E-state index contributed by atoms with van der Waals surface area (Å²) >= 11 is 0. The molecule has 7 heteroatoms. The highest BCUT2D eigenvalue weighted by atomic mass is 16.3. The summed E-state index contributed by atoms with van der Waals surface area (Å²) < 4.78 is 6.95. The topological polar surface area (TPSA) is 85.3 Å². The van der Waals surface area contributed by atoms with Crippen molar-refractivity contribution in [1.29, 1.82) is 0 Å². The fourth-order valence-electron chi connectivity index (χ4n) is 3.15. The van der Waals surface area contributed by atoms with Gasteiger partial charge < -0.3 is 9.73 Å². The number of carbonyl (C=O) groups is 1. The van der Waals surface area contributed by atoms with Gasteiger partial charge in [-0.2, -0.15) is 5.10 Å². The summed E-state index contributed by atoms with van der Waals surface area (Å²) in [5, 5.41) is 7.45. The van der Waals surface area contributed by atoms with Crippen LogP contribution in [0.5, 0.6) is 0 Å². The molecule has 130 valence electrons. The zero-order chi connectivity index (χ0) is 17.8. The quantitative estimate of drug-likeness (QED) is 0.790. The first kappa shape index (κ1) is 15.8. The zero-order valence-electron chi connectivity index (χ0n) is 14.8. The van der Waals surface area contributed by atoms with Gasteiger partial charge in [0.2, 0.25) is 0 Å². The molecule has 1 aliphatic carbocycles. The summed E-state index contributed by atoms with van der Waals surface area (Å²) in [6.45, 7) is 7.84. The van der Waals surface area contributed by atoms with Crippen LogP contribution < -0.4 is 5.32 Å². The minimum atomic E-state index is -0.221. The predicted molar refractivity (Wildman–Crippen MR) is 92.2 cm³/mol. The van der Waals surface area contributed by atoms with Gasteiger partial charge in [0, 0.05) is 18.2 Å². The molecule has 25 heavy (non-hydrogen) atoms. The highest BCUT2D eigenvalue weighted by Crippen LogP contribution is 2.39. The highest BCUT2D eigenvalue weighted by molar-refractivity contribution is 6.00. The summed E-state index contributed by atoms with van der Waals surface area (Å²) in [5.41, 5.74) is 2.97. The van der Waals surface area contributed by atoms with E-state index in [4.69, 9.17) is 4.42 Å². The van der Waals surface area contributed by atoms with Gasteiger partial charge in [-0.1, -0.05) is 0 Å². The summed E-state index contributed by atoms with van der Waals surface area (Å²) in [6, 6.07) is 1.88. The molecule has 1 saturated carbocycles. The molecular weight excluding hydrogens is 318 g/mol. The van der Waals surface area contributed by atoms with Crippen LogP contribution in [0.3, 0.4) is 0 Å². The van der Waals surface area contributed by atoms with E-state index in [0.29, 0.717) is 34.4 Å². The van der Waals surface area contributed by atoms with E-state index >= 15 is 0 Å². The molecule has 0 aliphatic heterocycles. The van der Waals surface area contributed by atoms with Crippen molar-refractivity contribution in [3.63, 3.8) is 0 Å². The van der Waals surface area contributed by atoms with Gasteiger partial charge in [-0.3, -0.25) is 4.79 Å². The standard InChI is InChI=1S/C18H21N5O2/c1-10-7-14(15-9-25-11(2)20-15)21-16-13(8-19-23(10)16)17(24)22-18(3,4)12-5-6-12/h7-9,12H,5-6H2,1-4H3,(H,22,24). The van der Waals surface area contributed by atoms with Crippen molar-refractivity contribution in [2.24, 2.45) is 5.92 Å². The van der Waals surface area contributed by atoms with Gasteiger partial charge in [-0.25, -0.2) is 14.5 Å². The van der Waals surface area contributed by atoms with E-state index in [1.807, 2.05) is 13.0 Å². The number of aromatic nitrogens is 4. The Labute approximate surface area is 145 Å². The summed E-state index contributed by atoms with van der Waals surface area (Å²) in [6.07, 6.45) is 5.47. The van der Waals surface area contributed by atoms with Gasteiger partial charge in [0.1, 0.15) is 17.5 Å².